The number of amides is 1. The molecule has 0 aromatic heterocycles. The van der Waals surface area contributed by atoms with Crippen molar-refractivity contribution in [3.8, 4) is 11.5 Å². The molecule has 1 amide bonds. The second kappa shape index (κ2) is 8.91. The molecule has 146 valence electrons. The van der Waals surface area contributed by atoms with Crippen molar-refractivity contribution in [2.75, 3.05) is 20.3 Å². The number of aryl methyl sites for hydroxylation is 1. The van der Waals surface area contributed by atoms with Gasteiger partial charge in [0.25, 0.3) is 5.91 Å². The number of carbonyl (C=O) groups excluding carboxylic acids is 1. The largest absolute Gasteiger partial charge is 0.497 e. The van der Waals surface area contributed by atoms with Gasteiger partial charge in [-0.2, -0.15) is 0 Å². The van der Waals surface area contributed by atoms with E-state index in [9.17, 15) is 9.90 Å². The molecule has 0 bridgehead atoms. The van der Waals surface area contributed by atoms with Crippen molar-refractivity contribution in [3.63, 3.8) is 0 Å². The van der Waals surface area contributed by atoms with Crippen LogP contribution in [0.3, 0.4) is 0 Å². The molecule has 2 aromatic rings. The van der Waals surface area contributed by atoms with Crippen molar-refractivity contribution in [1.82, 2.24) is 5.32 Å². The van der Waals surface area contributed by atoms with Crippen molar-refractivity contribution < 1.29 is 19.4 Å². The summed E-state index contributed by atoms with van der Waals surface area (Å²) in [5, 5.41) is 12.9. The summed E-state index contributed by atoms with van der Waals surface area (Å²) in [7, 11) is 1.59. The van der Waals surface area contributed by atoms with E-state index in [0.717, 1.165) is 16.9 Å². The molecule has 27 heavy (non-hydrogen) atoms. The highest BCUT2D eigenvalue weighted by atomic mass is 16.5. The number of rotatable bonds is 7. The highest BCUT2D eigenvalue weighted by molar-refractivity contribution is 5.77. The molecule has 1 atom stereocenters. The van der Waals surface area contributed by atoms with E-state index in [4.69, 9.17) is 9.47 Å². The van der Waals surface area contributed by atoms with E-state index in [0.29, 0.717) is 11.3 Å². The molecule has 5 nitrogen and oxygen atoms in total. The number of hydrogen-bond donors (Lipinski definition) is 2. The van der Waals surface area contributed by atoms with E-state index < -0.39 is 6.10 Å². The van der Waals surface area contributed by atoms with Gasteiger partial charge in [-0.05, 0) is 41.7 Å². The fraction of sp³-hybridized carbons (Fsp3) is 0.409. The fourth-order valence-corrected chi connectivity index (χ4v) is 2.70. The van der Waals surface area contributed by atoms with Crippen molar-refractivity contribution in [2.45, 2.75) is 39.2 Å². The summed E-state index contributed by atoms with van der Waals surface area (Å²) in [6.45, 7) is 8.39. The zero-order valence-corrected chi connectivity index (χ0v) is 16.7. The monoisotopic (exact) mass is 371 g/mol. The molecular formula is C22H29NO4. The number of hydrogen-bond acceptors (Lipinski definition) is 4. The molecule has 0 aliphatic heterocycles. The van der Waals surface area contributed by atoms with Crippen LogP contribution < -0.4 is 14.8 Å². The van der Waals surface area contributed by atoms with Gasteiger partial charge in [0.05, 0.1) is 13.2 Å². The maximum absolute atomic E-state index is 12.1. The summed E-state index contributed by atoms with van der Waals surface area (Å²) in [6, 6.07) is 13.0. The zero-order chi connectivity index (χ0) is 20.0. The lowest BCUT2D eigenvalue weighted by atomic mass is 9.85. The number of ether oxygens (including phenoxy) is 2. The maximum atomic E-state index is 12.1. The van der Waals surface area contributed by atoms with Gasteiger partial charge in [0.1, 0.15) is 11.5 Å². The van der Waals surface area contributed by atoms with Gasteiger partial charge in [0.15, 0.2) is 6.61 Å². The third kappa shape index (κ3) is 6.00. The van der Waals surface area contributed by atoms with Crippen LogP contribution in [0.25, 0.3) is 0 Å². The maximum Gasteiger partial charge on any atom is 0.258 e. The van der Waals surface area contributed by atoms with Gasteiger partial charge in [-0.15, -0.1) is 0 Å². The van der Waals surface area contributed by atoms with Gasteiger partial charge in [-0.25, -0.2) is 0 Å². The lowest BCUT2D eigenvalue weighted by Crippen LogP contribution is -2.32. The molecule has 5 heteroatoms. The molecule has 0 saturated heterocycles. The highest BCUT2D eigenvalue weighted by Crippen LogP contribution is 2.32. The Morgan fingerprint density at radius 1 is 1.15 bits per heavy atom. The summed E-state index contributed by atoms with van der Waals surface area (Å²) in [5.41, 5.74) is 2.85. The average molecular weight is 371 g/mol. The van der Waals surface area contributed by atoms with Gasteiger partial charge in [-0.1, -0.05) is 50.6 Å². The fourth-order valence-electron chi connectivity index (χ4n) is 2.70. The van der Waals surface area contributed by atoms with Gasteiger partial charge in [0, 0.05) is 6.54 Å². The second-order valence-electron chi connectivity index (χ2n) is 7.63. The highest BCUT2D eigenvalue weighted by Gasteiger charge is 2.20. The first kappa shape index (κ1) is 20.8. The molecule has 0 aliphatic rings. The molecule has 0 spiro atoms. The molecule has 0 heterocycles. The first-order chi connectivity index (χ1) is 12.7. The summed E-state index contributed by atoms with van der Waals surface area (Å²) in [6.07, 6.45) is -0.788. The van der Waals surface area contributed by atoms with Gasteiger partial charge in [0.2, 0.25) is 0 Å². The summed E-state index contributed by atoms with van der Waals surface area (Å²) in [4.78, 5) is 12.1. The number of aliphatic hydroxyl groups is 1. The van der Waals surface area contributed by atoms with Crippen LogP contribution in [0.1, 0.15) is 43.6 Å². The molecule has 2 rings (SSSR count). The smallest absolute Gasteiger partial charge is 0.258 e. The quantitative estimate of drug-likeness (QED) is 0.781. The van der Waals surface area contributed by atoms with Crippen molar-refractivity contribution in [2.24, 2.45) is 0 Å². The van der Waals surface area contributed by atoms with Crippen LogP contribution in [-0.4, -0.2) is 31.3 Å². The number of benzene rings is 2. The van der Waals surface area contributed by atoms with E-state index in [2.05, 4.69) is 32.2 Å². The number of aliphatic hydroxyl groups excluding tert-OH is 1. The Balaban J connectivity index is 1.89. The van der Waals surface area contributed by atoms with Crippen LogP contribution >= 0.6 is 0 Å². The van der Waals surface area contributed by atoms with E-state index in [-0.39, 0.29) is 24.5 Å². The minimum absolute atomic E-state index is 0.0810. The third-order valence-corrected chi connectivity index (χ3v) is 4.30. The van der Waals surface area contributed by atoms with E-state index >= 15 is 0 Å². The minimum Gasteiger partial charge on any atom is -0.497 e. The minimum atomic E-state index is -0.788. The SMILES string of the molecule is COc1ccc(C(O)CNC(=O)COc2ccc(C)cc2C(C)(C)C)cc1. The van der Waals surface area contributed by atoms with Crippen molar-refractivity contribution in [3.05, 3.63) is 59.2 Å². The van der Waals surface area contributed by atoms with E-state index in [1.807, 2.05) is 19.1 Å². The predicted octanol–water partition coefficient (Wildman–Crippen LogP) is 3.53. The first-order valence-corrected chi connectivity index (χ1v) is 9.03. The molecule has 0 radical (unpaired) electrons. The van der Waals surface area contributed by atoms with Crippen LogP contribution in [0.15, 0.2) is 42.5 Å². The van der Waals surface area contributed by atoms with Gasteiger partial charge >= 0.3 is 0 Å². The third-order valence-electron chi connectivity index (χ3n) is 4.30. The predicted molar refractivity (Wildman–Crippen MR) is 106 cm³/mol. The van der Waals surface area contributed by atoms with Crippen molar-refractivity contribution >= 4 is 5.91 Å². The van der Waals surface area contributed by atoms with Crippen molar-refractivity contribution in [1.29, 1.82) is 0 Å². The molecule has 2 N–H and O–H groups in total. The molecule has 0 saturated carbocycles. The Hall–Kier alpha value is -2.53. The van der Waals surface area contributed by atoms with E-state index in [1.54, 1.807) is 31.4 Å². The lowest BCUT2D eigenvalue weighted by Gasteiger charge is -2.23. The normalized spacial score (nSPS) is 12.4. The Morgan fingerprint density at radius 2 is 1.81 bits per heavy atom. The topological polar surface area (TPSA) is 67.8 Å². The Kier molecular flexibility index (Phi) is 6.86. The standard InChI is InChI=1S/C22H29NO4/c1-15-6-11-20(18(12-15)22(2,3)4)27-14-21(25)23-13-19(24)16-7-9-17(26-5)10-8-16/h6-12,19,24H,13-14H2,1-5H3,(H,23,25). The van der Waals surface area contributed by atoms with Crippen LogP contribution in [0.4, 0.5) is 0 Å². The van der Waals surface area contributed by atoms with Crippen LogP contribution in [0.5, 0.6) is 11.5 Å². The first-order valence-electron chi connectivity index (χ1n) is 9.03. The summed E-state index contributed by atoms with van der Waals surface area (Å²) in [5.74, 6) is 1.15. The second-order valence-corrected chi connectivity index (χ2v) is 7.63. The number of methoxy groups -OCH3 is 1. The molecule has 1 unspecified atom stereocenters. The Labute approximate surface area is 161 Å². The molecule has 0 fully saturated rings. The number of nitrogens with one attached hydrogen (secondary N) is 1. The number of carbonyl (C=O) groups is 1. The Bertz CT molecular complexity index is 763. The summed E-state index contributed by atoms with van der Waals surface area (Å²) >= 11 is 0. The zero-order valence-electron chi connectivity index (χ0n) is 16.7. The van der Waals surface area contributed by atoms with Crippen LogP contribution in [-0.2, 0) is 10.2 Å². The molecule has 0 aliphatic carbocycles. The van der Waals surface area contributed by atoms with Crippen LogP contribution in [0.2, 0.25) is 0 Å². The van der Waals surface area contributed by atoms with E-state index in [1.165, 1.54) is 0 Å². The Morgan fingerprint density at radius 3 is 2.41 bits per heavy atom. The lowest BCUT2D eigenvalue weighted by molar-refractivity contribution is -0.123. The van der Waals surface area contributed by atoms with Crippen LogP contribution in [0, 0.1) is 6.92 Å². The molecule has 2 aromatic carbocycles. The molecular weight excluding hydrogens is 342 g/mol. The summed E-state index contributed by atoms with van der Waals surface area (Å²) < 4.78 is 10.8. The van der Waals surface area contributed by atoms with Gasteiger partial charge in [-0.3, -0.25) is 4.79 Å². The average Bonchev–Trinajstić information content (AvgIpc) is 2.64. The van der Waals surface area contributed by atoms with Gasteiger partial charge < -0.3 is 19.9 Å².